The van der Waals surface area contributed by atoms with E-state index in [1.54, 1.807) is 31.5 Å². The van der Waals surface area contributed by atoms with E-state index in [-0.39, 0.29) is 46.7 Å². The van der Waals surface area contributed by atoms with Gasteiger partial charge in [-0.2, -0.15) is 9.97 Å². The molecule has 0 spiro atoms. The standard InChI is InChI=1S/C18H25ClN4O4.C13H15ClN4O/c1-10(2)6-12(9-21-17(26)27-18(3,4)5)23-13(15(24)25)7-11-8-20-16(19)22-14(11)23;1-7(2)3-9-6-15-12(19)10-4-8-5-16-13(14)17-11(8)18(9)10/h7-8,10,12H,6,9H2,1-5H3,(H,21,26)(H,24,25);4-5,7,9H,3,6H2,1-2H3,(H,15,19)/t12-;9-/m00/s1. The quantitative estimate of drug-likeness (QED) is 0.181. The number of rotatable bonds is 8. The lowest BCUT2D eigenvalue weighted by Crippen LogP contribution is -2.39. The molecule has 15 heteroatoms. The monoisotopic (exact) mass is 674 g/mol. The lowest BCUT2D eigenvalue weighted by Gasteiger charge is -2.28. The van der Waals surface area contributed by atoms with Crippen LogP contribution in [0.25, 0.3) is 22.1 Å². The van der Waals surface area contributed by atoms with Crippen LogP contribution in [-0.4, -0.2) is 70.8 Å². The van der Waals surface area contributed by atoms with Crippen molar-refractivity contribution in [1.82, 2.24) is 39.7 Å². The molecule has 0 radical (unpaired) electrons. The Morgan fingerprint density at radius 2 is 1.65 bits per heavy atom. The molecule has 4 aromatic heterocycles. The molecule has 13 nitrogen and oxygen atoms in total. The predicted molar refractivity (Wildman–Crippen MR) is 176 cm³/mol. The van der Waals surface area contributed by atoms with E-state index in [9.17, 15) is 19.5 Å². The van der Waals surface area contributed by atoms with Crippen molar-refractivity contribution in [3.63, 3.8) is 0 Å². The Bertz CT molecular complexity index is 1740. The van der Waals surface area contributed by atoms with Crippen molar-refractivity contribution < 1.29 is 24.2 Å². The summed E-state index contributed by atoms with van der Waals surface area (Å²) in [6, 6.07) is 3.21. The predicted octanol–water partition coefficient (Wildman–Crippen LogP) is 6.31. The minimum Gasteiger partial charge on any atom is -0.477 e. The molecule has 0 bridgehead atoms. The van der Waals surface area contributed by atoms with E-state index in [0.717, 1.165) is 17.5 Å². The van der Waals surface area contributed by atoms with Gasteiger partial charge in [0.05, 0.1) is 12.1 Å². The number of hydrogen-bond acceptors (Lipinski definition) is 8. The number of carboxylic acid groups (broad SMARTS) is 1. The van der Waals surface area contributed by atoms with Gasteiger partial charge >= 0.3 is 12.1 Å². The van der Waals surface area contributed by atoms with Crippen molar-refractivity contribution >= 4 is 63.2 Å². The molecule has 1 aliphatic rings. The summed E-state index contributed by atoms with van der Waals surface area (Å²) >= 11 is 11.8. The van der Waals surface area contributed by atoms with Crippen molar-refractivity contribution in [2.24, 2.45) is 11.8 Å². The fourth-order valence-electron chi connectivity index (χ4n) is 5.52. The number of alkyl carbamates (subject to hydrolysis) is 1. The minimum absolute atomic E-state index is 0.0298. The highest BCUT2D eigenvalue weighted by Crippen LogP contribution is 2.30. The zero-order valence-electron chi connectivity index (χ0n) is 27.0. The first-order valence-corrected chi connectivity index (χ1v) is 15.8. The molecule has 0 saturated heterocycles. The van der Waals surface area contributed by atoms with Gasteiger partial charge in [0.25, 0.3) is 5.91 Å². The van der Waals surface area contributed by atoms with Gasteiger partial charge in [0, 0.05) is 36.3 Å². The van der Waals surface area contributed by atoms with Gasteiger partial charge in [-0.1, -0.05) is 27.7 Å². The van der Waals surface area contributed by atoms with Crippen LogP contribution in [0.15, 0.2) is 24.5 Å². The lowest BCUT2D eigenvalue weighted by molar-refractivity contribution is 0.0518. The smallest absolute Gasteiger partial charge is 0.407 e. The van der Waals surface area contributed by atoms with Crippen LogP contribution in [0.2, 0.25) is 10.6 Å². The Balaban J connectivity index is 0.000000221. The van der Waals surface area contributed by atoms with Gasteiger partial charge in [-0.15, -0.1) is 0 Å². The number of halogens is 2. The lowest BCUT2D eigenvalue weighted by atomic mass is 10.0. The third-order valence-electron chi connectivity index (χ3n) is 7.14. The molecule has 0 saturated carbocycles. The second kappa shape index (κ2) is 14.2. The molecule has 0 fully saturated rings. The third kappa shape index (κ3) is 8.43. The topological polar surface area (TPSA) is 166 Å². The van der Waals surface area contributed by atoms with Crippen LogP contribution in [-0.2, 0) is 4.74 Å². The van der Waals surface area contributed by atoms with E-state index >= 15 is 0 Å². The molecular weight excluding hydrogens is 635 g/mol. The van der Waals surface area contributed by atoms with Crippen molar-refractivity contribution in [2.45, 2.75) is 79.0 Å². The number of carbonyl (C=O) groups is 3. The summed E-state index contributed by atoms with van der Waals surface area (Å²) in [6.07, 6.45) is 4.20. The van der Waals surface area contributed by atoms with Gasteiger partial charge < -0.3 is 29.6 Å². The second-order valence-electron chi connectivity index (χ2n) is 13.1. The molecule has 0 aromatic carbocycles. The zero-order chi connectivity index (χ0) is 33.9. The summed E-state index contributed by atoms with van der Waals surface area (Å²) in [6.45, 7) is 14.5. The van der Waals surface area contributed by atoms with Crippen molar-refractivity contribution in [2.75, 3.05) is 13.1 Å². The van der Waals surface area contributed by atoms with Crippen LogP contribution in [0.4, 0.5) is 4.79 Å². The Morgan fingerprint density at radius 3 is 2.22 bits per heavy atom. The van der Waals surface area contributed by atoms with E-state index in [4.69, 9.17) is 27.9 Å². The number of amides is 2. The van der Waals surface area contributed by atoms with Gasteiger partial charge in [-0.25, -0.2) is 19.6 Å². The van der Waals surface area contributed by atoms with Crippen LogP contribution in [0.1, 0.15) is 94.4 Å². The molecule has 2 atom stereocenters. The van der Waals surface area contributed by atoms with Gasteiger partial charge in [0.15, 0.2) is 0 Å². The summed E-state index contributed by atoms with van der Waals surface area (Å²) in [5.74, 6) is -0.348. The molecule has 4 aromatic rings. The highest BCUT2D eigenvalue weighted by molar-refractivity contribution is 6.28. The first-order chi connectivity index (χ1) is 21.5. The van der Waals surface area contributed by atoms with E-state index < -0.39 is 17.7 Å². The van der Waals surface area contributed by atoms with E-state index in [0.29, 0.717) is 35.6 Å². The number of hydrogen-bond donors (Lipinski definition) is 3. The maximum absolute atomic E-state index is 12.0. The highest BCUT2D eigenvalue weighted by Gasteiger charge is 2.29. The minimum atomic E-state index is -1.09. The molecule has 0 aliphatic carbocycles. The largest absolute Gasteiger partial charge is 0.477 e. The molecule has 1 aliphatic heterocycles. The number of fused-ring (bicyclic) bond motifs is 4. The average Bonchev–Trinajstić information content (AvgIpc) is 3.51. The molecule has 0 unspecified atom stereocenters. The fraction of sp³-hybridized carbons (Fsp3) is 0.516. The SMILES string of the molecule is CC(C)C[C@@H](CNC(=O)OC(C)(C)C)n1c(C(=O)O)cc2cnc(Cl)nc21.CC(C)C[C@H]1CNC(=O)c2cc3cnc(Cl)nc3n21. The number of nitrogens with zero attached hydrogens (tertiary/aromatic N) is 6. The summed E-state index contributed by atoms with van der Waals surface area (Å²) in [5, 5.41) is 17.0. The normalized spacial score (nSPS) is 15.4. The van der Waals surface area contributed by atoms with Gasteiger partial charge in [0.2, 0.25) is 10.6 Å². The first kappa shape index (κ1) is 34.9. The maximum atomic E-state index is 12.0. The highest BCUT2D eigenvalue weighted by atomic mass is 35.5. The van der Waals surface area contributed by atoms with Gasteiger partial charge in [0.1, 0.15) is 28.3 Å². The molecule has 2 amide bonds. The third-order valence-corrected chi connectivity index (χ3v) is 7.51. The molecule has 5 rings (SSSR count). The van der Waals surface area contributed by atoms with Crippen LogP contribution in [0, 0.1) is 11.8 Å². The van der Waals surface area contributed by atoms with Crippen LogP contribution in [0.5, 0.6) is 0 Å². The van der Waals surface area contributed by atoms with E-state index in [2.05, 4.69) is 44.4 Å². The van der Waals surface area contributed by atoms with Crippen molar-refractivity contribution in [3.8, 4) is 0 Å². The number of carboxylic acids is 1. The summed E-state index contributed by atoms with van der Waals surface area (Å²) in [7, 11) is 0. The Hall–Kier alpha value is -3.97. The van der Waals surface area contributed by atoms with Crippen LogP contribution in [0.3, 0.4) is 0 Å². The number of aromatic nitrogens is 6. The molecule has 248 valence electrons. The Labute approximate surface area is 277 Å². The van der Waals surface area contributed by atoms with Crippen LogP contribution < -0.4 is 10.6 Å². The van der Waals surface area contributed by atoms with E-state index in [1.807, 2.05) is 24.5 Å². The molecule has 5 heterocycles. The van der Waals surface area contributed by atoms with E-state index in [1.165, 1.54) is 12.3 Å². The average molecular weight is 676 g/mol. The number of aromatic carboxylic acids is 1. The van der Waals surface area contributed by atoms with Crippen LogP contribution >= 0.6 is 23.2 Å². The molecular formula is C31H40Cl2N8O5. The van der Waals surface area contributed by atoms with Gasteiger partial charge in [-0.05, 0) is 80.8 Å². The Kier molecular flexibility index (Phi) is 10.8. The number of ether oxygens (including phenoxy) is 1. The summed E-state index contributed by atoms with van der Waals surface area (Å²) in [4.78, 5) is 52.2. The first-order valence-electron chi connectivity index (χ1n) is 15.1. The van der Waals surface area contributed by atoms with Crippen molar-refractivity contribution in [3.05, 3.63) is 46.5 Å². The number of carbonyl (C=O) groups excluding carboxylic acids is 2. The molecule has 3 N–H and O–H groups in total. The Morgan fingerprint density at radius 1 is 1.04 bits per heavy atom. The maximum Gasteiger partial charge on any atom is 0.407 e. The fourth-order valence-corrected chi connectivity index (χ4v) is 5.78. The number of nitrogens with one attached hydrogen (secondary N) is 2. The summed E-state index contributed by atoms with van der Waals surface area (Å²) < 4.78 is 8.87. The molecule has 46 heavy (non-hydrogen) atoms. The zero-order valence-corrected chi connectivity index (χ0v) is 28.5. The second-order valence-corrected chi connectivity index (χ2v) is 13.8. The van der Waals surface area contributed by atoms with Crippen molar-refractivity contribution in [1.29, 1.82) is 0 Å². The van der Waals surface area contributed by atoms with Gasteiger partial charge in [-0.3, -0.25) is 4.79 Å². The summed E-state index contributed by atoms with van der Waals surface area (Å²) in [5.41, 5.74) is 1.26.